The van der Waals surface area contributed by atoms with Crippen LogP contribution >= 0.6 is 11.8 Å². The maximum Gasteiger partial charge on any atom is 0.0593 e. The number of likely N-dealkylation sites (tertiary alicyclic amines) is 2. The predicted molar refractivity (Wildman–Crippen MR) is 79.5 cm³/mol. The van der Waals surface area contributed by atoms with Crippen LogP contribution in [-0.2, 0) is 4.74 Å². The van der Waals surface area contributed by atoms with Crippen molar-refractivity contribution in [1.29, 1.82) is 0 Å². The van der Waals surface area contributed by atoms with Gasteiger partial charge < -0.3 is 14.5 Å². The SMILES string of the molecule is C1CCN(CCOCCSCCN2CCCC2)C1. The molecule has 0 aromatic rings. The van der Waals surface area contributed by atoms with E-state index in [4.69, 9.17) is 4.74 Å². The van der Waals surface area contributed by atoms with Gasteiger partial charge in [0.25, 0.3) is 0 Å². The van der Waals surface area contributed by atoms with E-state index in [2.05, 4.69) is 9.80 Å². The van der Waals surface area contributed by atoms with Crippen molar-refractivity contribution >= 4 is 11.8 Å². The Balaban J connectivity index is 1.31. The summed E-state index contributed by atoms with van der Waals surface area (Å²) in [5.41, 5.74) is 0. The van der Waals surface area contributed by atoms with Crippen LogP contribution in [0.15, 0.2) is 0 Å². The van der Waals surface area contributed by atoms with Crippen LogP contribution in [0.3, 0.4) is 0 Å². The average molecular weight is 272 g/mol. The molecule has 2 fully saturated rings. The summed E-state index contributed by atoms with van der Waals surface area (Å²) in [6.45, 7) is 9.49. The zero-order valence-corrected chi connectivity index (χ0v) is 12.4. The second kappa shape index (κ2) is 9.18. The molecule has 106 valence electrons. The van der Waals surface area contributed by atoms with Gasteiger partial charge in [0.1, 0.15) is 0 Å². The minimum atomic E-state index is 0.923. The van der Waals surface area contributed by atoms with Crippen LogP contribution in [0.2, 0.25) is 0 Å². The van der Waals surface area contributed by atoms with Crippen LogP contribution in [0, 0.1) is 0 Å². The van der Waals surface area contributed by atoms with Crippen LogP contribution in [0.5, 0.6) is 0 Å². The summed E-state index contributed by atoms with van der Waals surface area (Å²) in [5, 5.41) is 0. The third-order valence-electron chi connectivity index (χ3n) is 3.87. The highest BCUT2D eigenvalue weighted by atomic mass is 32.2. The molecule has 0 aromatic carbocycles. The normalized spacial score (nSPS) is 22.0. The quantitative estimate of drug-likeness (QED) is 0.596. The summed E-state index contributed by atoms with van der Waals surface area (Å²) in [5.74, 6) is 2.43. The lowest BCUT2D eigenvalue weighted by molar-refractivity contribution is 0.124. The molecule has 0 radical (unpaired) electrons. The van der Waals surface area contributed by atoms with Crippen molar-refractivity contribution in [2.75, 3.05) is 64.0 Å². The Hall–Kier alpha value is 0.230. The second-order valence-electron chi connectivity index (χ2n) is 5.32. The fourth-order valence-corrected chi connectivity index (χ4v) is 3.55. The van der Waals surface area contributed by atoms with Crippen LogP contribution in [0.25, 0.3) is 0 Å². The molecule has 4 heteroatoms. The Labute approximate surface area is 116 Å². The summed E-state index contributed by atoms with van der Waals surface area (Å²) in [6.07, 6.45) is 5.58. The fraction of sp³-hybridized carbons (Fsp3) is 1.00. The van der Waals surface area contributed by atoms with Crippen molar-refractivity contribution in [2.24, 2.45) is 0 Å². The average Bonchev–Trinajstić information content (AvgIpc) is 3.05. The molecule has 0 N–H and O–H groups in total. The Bertz CT molecular complexity index is 182. The van der Waals surface area contributed by atoms with Gasteiger partial charge in [0.2, 0.25) is 0 Å². The number of hydrogen-bond donors (Lipinski definition) is 0. The van der Waals surface area contributed by atoms with Gasteiger partial charge >= 0.3 is 0 Å². The van der Waals surface area contributed by atoms with Gasteiger partial charge in [-0.1, -0.05) is 0 Å². The maximum atomic E-state index is 5.69. The second-order valence-corrected chi connectivity index (χ2v) is 6.55. The van der Waals surface area contributed by atoms with Crippen LogP contribution < -0.4 is 0 Å². The van der Waals surface area contributed by atoms with Gasteiger partial charge in [0, 0.05) is 24.6 Å². The van der Waals surface area contributed by atoms with E-state index in [0.717, 1.165) is 25.5 Å². The van der Waals surface area contributed by atoms with Gasteiger partial charge in [0.15, 0.2) is 0 Å². The summed E-state index contributed by atoms with van der Waals surface area (Å²) < 4.78 is 5.69. The van der Waals surface area contributed by atoms with Crippen LogP contribution in [0.1, 0.15) is 25.7 Å². The molecule has 0 atom stereocenters. The molecule has 0 aliphatic carbocycles. The zero-order chi connectivity index (χ0) is 12.5. The predicted octanol–water partition coefficient (Wildman–Crippen LogP) is 1.93. The molecule has 0 aromatic heterocycles. The smallest absolute Gasteiger partial charge is 0.0593 e. The number of hydrogen-bond acceptors (Lipinski definition) is 4. The number of nitrogens with zero attached hydrogens (tertiary/aromatic N) is 2. The molecule has 2 rings (SSSR count). The van der Waals surface area contributed by atoms with Crippen molar-refractivity contribution in [3.8, 4) is 0 Å². The first-order valence-electron chi connectivity index (χ1n) is 7.55. The molecular weight excluding hydrogens is 244 g/mol. The zero-order valence-electron chi connectivity index (χ0n) is 11.6. The molecule has 2 saturated heterocycles. The van der Waals surface area contributed by atoms with E-state index in [1.54, 1.807) is 0 Å². The lowest BCUT2D eigenvalue weighted by Gasteiger charge is -2.15. The summed E-state index contributed by atoms with van der Waals surface area (Å²) in [6, 6.07) is 0. The van der Waals surface area contributed by atoms with Gasteiger partial charge in [-0.05, 0) is 51.9 Å². The first-order valence-corrected chi connectivity index (χ1v) is 8.71. The minimum absolute atomic E-state index is 0.923. The first-order chi connectivity index (χ1) is 8.95. The van der Waals surface area contributed by atoms with Crippen LogP contribution in [-0.4, -0.2) is 73.8 Å². The molecule has 18 heavy (non-hydrogen) atoms. The Kier molecular flexibility index (Phi) is 7.47. The highest BCUT2D eigenvalue weighted by molar-refractivity contribution is 7.99. The number of rotatable bonds is 9. The van der Waals surface area contributed by atoms with E-state index >= 15 is 0 Å². The first kappa shape index (κ1) is 14.6. The van der Waals surface area contributed by atoms with E-state index in [9.17, 15) is 0 Å². The van der Waals surface area contributed by atoms with Crippen molar-refractivity contribution in [1.82, 2.24) is 9.80 Å². The summed E-state index contributed by atoms with van der Waals surface area (Å²) >= 11 is 2.04. The largest absolute Gasteiger partial charge is 0.379 e. The standard InChI is InChI=1S/C14H28N2OS/c1-2-6-15(5-1)9-11-17-12-14-18-13-10-16-7-3-4-8-16/h1-14H2. The van der Waals surface area contributed by atoms with Crippen molar-refractivity contribution in [3.05, 3.63) is 0 Å². The third kappa shape index (κ3) is 5.91. The number of thioether (sulfide) groups is 1. The molecule has 0 unspecified atom stereocenters. The van der Waals surface area contributed by atoms with Gasteiger partial charge in [-0.2, -0.15) is 11.8 Å². The Morgan fingerprint density at radius 1 is 0.722 bits per heavy atom. The van der Waals surface area contributed by atoms with Gasteiger partial charge in [0.05, 0.1) is 13.2 Å². The van der Waals surface area contributed by atoms with Gasteiger partial charge in [-0.25, -0.2) is 0 Å². The summed E-state index contributed by atoms with van der Waals surface area (Å²) in [7, 11) is 0. The molecule has 0 saturated carbocycles. The van der Waals surface area contributed by atoms with E-state index in [0.29, 0.717) is 0 Å². The van der Waals surface area contributed by atoms with E-state index < -0.39 is 0 Å². The van der Waals surface area contributed by atoms with E-state index in [1.807, 2.05) is 11.8 Å². The van der Waals surface area contributed by atoms with Crippen LogP contribution in [0.4, 0.5) is 0 Å². The molecule has 3 nitrogen and oxygen atoms in total. The molecule has 2 aliphatic heterocycles. The molecule has 0 amide bonds. The highest BCUT2D eigenvalue weighted by Crippen LogP contribution is 2.09. The van der Waals surface area contributed by atoms with Gasteiger partial charge in [-0.15, -0.1) is 0 Å². The highest BCUT2D eigenvalue weighted by Gasteiger charge is 2.11. The third-order valence-corrected chi connectivity index (χ3v) is 4.80. The fourth-order valence-electron chi connectivity index (χ4n) is 2.72. The number of ether oxygens (including phenoxy) is 1. The molecule has 2 aliphatic rings. The Morgan fingerprint density at radius 3 is 2.00 bits per heavy atom. The minimum Gasteiger partial charge on any atom is -0.379 e. The van der Waals surface area contributed by atoms with Crippen molar-refractivity contribution in [2.45, 2.75) is 25.7 Å². The Morgan fingerprint density at radius 2 is 1.33 bits per heavy atom. The summed E-state index contributed by atoms with van der Waals surface area (Å²) in [4.78, 5) is 5.10. The lowest BCUT2D eigenvalue weighted by Crippen LogP contribution is -2.24. The topological polar surface area (TPSA) is 15.7 Å². The van der Waals surface area contributed by atoms with E-state index in [-0.39, 0.29) is 0 Å². The molecular formula is C14H28N2OS. The van der Waals surface area contributed by atoms with Gasteiger partial charge in [-0.3, -0.25) is 0 Å². The van der Waals surface area contributed by atoms with E-state index in [1.165, 1.54) is 64.2 Å². The monoisotopic (exact) mass is 272 g/mol. The molecule has 2 heterocycles. The molecule has 0 bridgehead atoms. The lowest BCUT2D eigenvalue weighted by atomic mass is 10.4. The van der Waals surface area contributed by atoms with Crippen molar-refractivity contribution in [3.63, 3.8) is 0 Å². The van der Waals surface area contributed by atoms with Crippen molar-refractivity contribution < 1.29 is 4.74 Å². The maximum absolute atomic E-state index is 5.69. The molecule has 0 spiro atoms.